The average Bonchev–Trinajstić information content (AvgIpc) is 3.74. The number of nitrogens with zero attached hydrogens (tertiary/aromatic N) is 2. The highest BCUT2D eigenvalue weighted by molar-refractivity contribution is 6.23. The summed E-state index contributed by atoms with van der Waals surface area (Å²) in [7, 11) is 0. The van der Waals surface area contributed by atoms with Gasteiger partial charge in [-0.1, -0.05) is 194 Å². The summed E-state index contributed by atoms with van der Waals surface area (Å²) < 4.78 is 2.42. The van der Waals surface area contributed by atoms with Crippen LogP contribution in [-0.2, 0) is 0 Å². The first-order chi connectivity index (χ1) is 33.7. The summed E-state index contributed by atoms with van der Waals surface area (Å²) in [6, 6.07) is 97.3. The molecule has 0 aliphatic carbocycles. The molecule has 0 spiro atoms. The fourth-order valence-electron chi connectivity index (χ4n) is 10.6. The topological polar surface area (TPSA) is 8.17 Å². The summed E-state index contributed by atoms with van der Waals surface area (Å²) in [5.41, 5.74) is 16.6. The number of hydrogen-bond acceptors (Lipinski definition) is 1. The fourth-order valence-corrected chi connectivity index (χ4v) is 10.6. The molecule has 0 aliphatic rings. The third-order valence-corrected chi connectivity index (χ3v) is 13.8. The Bertz CT molecular complexity index is 3820. The lowest BCUT2D eigenvalue weighted by atomic mass is 9.85. The van der Waals surface area contributed by atoms with Gasteiger partial charge in [0.2, 0.25) is 0 Å². The van der Waals surface area contributed by atoms with E-state index in [4.69, 9.17) is 0 Å². The van der Waals surface area contributed by atoms with Gasteiger partial charge in [-0.15, -0.1) is 0 Å². The molecule has 0 radical (unpaired) electrons. The van der Waals surface area contributed by atoms with Crippen molar-refractivity contribution in [3.05, 3.63) is 267 Å². The molecule has 0 bridgehead atoms. The zero-order valence-corrected chi connectivity index (χ0v) is 37.3. The van der Waals surface area contributed by atoms with Crippen molar-refractivity contribution in [1.29, 1.82) is 0 Å². The van der Waals surface area contributed by atoms with Gasteiger partial charge in [0.15, 0.2) is 0 Å². The average molecular weight is 865 g/mol. The molecule has 2 nitrogen and oxygen atoms in total. The second-order valence-corrected chi connectivity index (χ2v) is 17.6. The molecule has 1 heterocycles. The second-order valence-electron chi connectivity index (χ2n) is 17.6. The molecule has 0 saturated carbocycles. The van der Waals surface area contributed by atoms with Gasteiger partial charge in [0, 0.05) is 33.5 Å². The zero-order chi connectivity index (χ0) is 45.0. The molecule has 1 aromatic heterocycles. The van der Waals surface area contributed by atoms with Crippen LogP contribution in [0.5, 0.6) is 0 Å². The molecule has 68 heavy (non-hydrogen) atoms. The van der Waals surface area contributed by atoms with Crippen LogP contribution in [0, 0.1) is 0 Å². The molecule has 0 aliphatic heterocycles. The van der Waals surface area contributed by atoms with Crippen molar-refractivity contribution in [1.82, 2.24) is 4.57 Å². The minimum Gasteiger partial charge on any atom is -0.311 e. The molecule has 0 atom stereocenters. The van der Waals surface area contributed by atoms with E-state index in [0.717, 1.165) is 22.7 Å². The van der Waals surface area contributed by atoms with Crippen LogP contribution in [-0.4, -0.2) is 4.57 Å². The summed E-state index contributed by atoms with van der Waals surface area (Å²) >= 11 is 0. The normalized spacial score (nSPS) is 11.5. The zero-order valence-electron chi connectivity index (χ0n) is 37.3. The number of aromatic nitrogens is 1. The molecule has 318 valence electrons. The van der Waals surface area contributed by atoms with Crippen LogP contribution < -0.4 is 4.90 Å². The monoisotopic (exact) mass is 864 g/mol. The first kappa shape index (κ1) is 39.4. The van der Waals surface area contributed by atoms with E-state index < -0.39 is 0 Å². The van der Waals surface area contributed by atoms with Gasteiger partial charge in [-0.05, 0) is 150 Å². The van der Waals surface area contributed by atoms with E-state index in [-0.39, 0.29) is 0 Å². The van der Waals surface area contributed by atoms with Gasteiger partial charge in [0.25, 0.3) is 0 Å². The van der Waals surface area contributed by atoms with E-state index in [9.17, 15) is 0 Å². The van der Waals surface area contributed by atoms with Crippen LogP contribution in [0.3, 0.4) is 0 Å². The molecule has 0 fully saturated rings. The van der Waals surface area contributed by atoms with Crippen LogP contribution in [0.15, 0.2) is 267 Å². The van der Waals surface area contributed by atoms with E-state index in [0.29, 0.717) is 0 Å². The van der Waals surface area contributed by atoms with Crippen LogP contribution in [0.4, 0.5) is 17.1 Å². The van der Waals surface area contributed by atoms with Crippen LogP contribution in [0.25, 0.3) is 104 Å². The molecule has 12 aromatic carbocycles. The first-order valence-electron chi connectivity index (χ1n) is 23.4. The smallest absolute Gasteiger partial charge is 0.0541 e. The molecule has 0 N–H and O–H groups in total. The van der Waals surface area contributed by atoms with Gasteiger partial charge in [-0.3, -0.25) is 0 Å². The van der Waals surface area contributed by atoms with Crippen molar-refractivity contribution in [3.63, 3.8) is 0 Å². The van der Waals surface area contributed by atoms with Crippen molar-refractivity contribution in [2.45, 2.75) is 0 Å². The Morgan fingerprint density at radius 2 is 0.662 bits per heavy atom. The van der Waals surface area contributed by atoms with E-state index in [1.807, 2.05) is 0 Å². The predicted octanol–water partition coefficient (Wildman–Crippen LogP) is 18.4. The summed E-state index contributed by atoms with van der Waals surface area (Å²) in [6.45, 7) is 0. The molecular weight excluding hydrogens is 821 g/mol. The minimum absolute atomic E-state index is 1.08. The highest BCUT2D eigenvalue weighted by Gasteiger charge is 2.20. The SMILES string of the molecule is c1ccc(-c2ccc3c(c2)c2cc(-c4ccccc4)ccc2n3-c2ccc(N(c3ccccc3)c3ccc(-c4c5ccccc5c(-c5cccc6ccccc56)c5ccccc45)cc3)cc2)cc1. The Balaban J connectivity index is 0.920. The van der Waals surface area contributed by atoms with Crippen LogP contribution >= 0.6 is 0 Å². The van der Waals surface area contributed by atoms with E-state index in [1.54, 1.807) is 0 Å². The van der Waals surface area contributed by atoms with Crippen molar-refractivity contribution in [3.8, 4) is 50.2 Å². The predicted molar refractivity (Wildman–Crippen MR) is 290 cm³/mol. The lowest BCUT2D eigenvalue weighted by Crippen LogP contribution is -2.10. The Kier molecular flexibility index (Phi) is 9.54. The molecule has 0 saturated heterocycles. The Morgan fingerprint density at radius 1 is 0.250 bits per heavy atom. The van der Waals surface area contributed by atoms with Crippen molar-refractivity contribution in [2.24, 2.45) is 0 Å². The maximum atomic E-state index is 2.42. The number of anilines is 3. The highest BCUT2D eigenvalue weighted by atomic mass is 15.1. The first-order valence-corrected chi connectivity index (χ1v) is 23.4. The Morgan fingerprint density at radius 3 is 1.21 bits per heavy atom. The van der Waals surface area contributed by atoms with Gasteiger partial charge in [0.05, 0.1) is 11.0 Å². The van der Waals surface area contributed by atoms with E-state index in [1.165, 1.54) is 98.6 Å². The van der Waals surface area contributed by atoms with Gasteiger partial charge >= 0.3 is 0 Å². The van der Waals surface area contributed by atoms with Gasteiger partial charge in [0.1, 0.15) is 0 Å². The Hall–Kier alpha value is -8.98. The number of hydrogen-bond donors (Lipinski definition) is 0. The maximum absolute atomic E-state index is 2.42. The third kappa shape index (κ3) is 6.65. The largest absolute Gasteiger partial charge is 0.311 e. The summed E-state index contributed by atoms with van der Waals surface area (Å²) in [5, 5.41) is 9.98. The maximum Gasteiger partial charge on any atom is 0.0541 e. The van der Waals surface area contributed by atoms with E-state index >= 15 is 0 Å². The molecule has 13 aromatic rings. The standard InChI is InChI=1S/C66H44N2/c1-4-17-45(18-5-1)49-33-41-63-61(43-49)62-44-50(46-19-6-2-7-20-46)34-42-64(62)68(63)54-39-37-53(38-40-54)67(51-23-8-3-9-24-51)52-35-31-48(32-36-52)65-57-26-12-14-28-59(57)66(60-29-15-13-27-58(60)65)56-30-16-22-47-21-10-11-25-55(47)56/h1-44H. The van der Waals surface area contributed by atoms with Crippen molar-refractivity contribution < 1.29 is 0 Å². The van der Waals surface area contributed by atoms with Crippen LogP contribution in [0.1, 0.15) is 0 Å². The third-order valence-electron chi connectivity index (χ3n) is 13.8. The van der Waals surface area contributed by atoms with E-state index in [2.05, 4.69) is 276 Å². The lowest BCUT2D eigenvalue weighted by Gasteiger charge is -2.26. The molecule has 0 amide bonds. The highest BCUT2D eigenvalue weighted by Crippen LogP contribution is 2.46. The summed E-state index contributed by atoms with van der Waals surface area (Å²) in [5.74, 6) is 0. The number of rotatable bonds is 8. The molecule has 13 rings (SSSR count). The summed E-state index contributed by atoms with van der Waals surface area (Å²) in [4.78, 5) is 2.36. The van der Waals surface area contributed by atoms with Gasteiger partial charge < -0.3 is 9.47 Å². The Labute approximate surface area is 395 Å². The number of fused-ring (bicyclic) bond motifs is 6. The van der Waals surface area contributed by atoms with Crippen molar-refractivity contribution >= 4 is 71.2 Å². The summed E-state index contributed by atoms with van der Waals surface area (Å²) in [6.07, 6.45) is 0. The molecule has 2 heteroatoms. The number of para-hydroxylation sites is 1. The fraction of sp³-hybridized carbons (Fsp3) is 0. The van der Waals surface area contributed by atoms with Crippen LogP contribution in [0.2, 0.25) is 0 Å². The second kappa shape index (κ2) is 16.5. The van der Waals surface area contributed by atoms with Crippen molar-refractivity contribution in [2.75, 3.05) is 4.90 Å². The van der Waals surface area contributed by atoms with Gasteiger partial charge in [-0.25, -0.2) is 0 Å². The van der Waals surface area contributed by atoms with Gasteiger partial charge in [-0.2, -0.15) is 0 Å². The molecular formula is C66H44N2. The minimum atomic E-state index is 1.08. The number of benzene rings is 12. The quantitative estimate of drug-likeness (QED) is 0.138. The molecule has 0 unspecified atom stereocenters. The lowest BCUT2D eigenvalue weighted by molar-refractivity contribution is 1.17.